The van der Waals surface area contributed by atoms with Crippen LogP contribution in [0.2, 0.25) is 0 Å². The first-order chi connectivity index (χ1) is 13.3. The van der Waals surface area contributed by atoms with Crippen LogP contribution < -0.4 is 8.57 Å². The van der Waals surface area contributed by atoms with E-state index in [2.05, 4.69) is 8.57 Å². The molecule has 0 unspecified atom stereocenters. The highest BCUT2D eigenvalue weighted by molar-refractivity contribution is 7.93. The molecule has 20 heteroatoms. The maximum atomic E-state index is 11.8. The number of alkyl halides is 6. The van der Waals surface area contributed by atoms with E-state index in [9.17, 15) is 37.3 Å². The van der Waals surface area contributed by atoms with Crippen molar-refractivity contribution >= 4 is 89.8 Å². The van der Waals surface area contributed by atoms with Gasteiger partial charge in [-0.3, -0.25) is 8.57 Å². The Labute approximate surface area is 196 Å². The molecule has 2 aromatic heterocycles. The summed E-state index contributed by atoms with van der Waals surface area (Å²) in [6.07, 6.45) is 0. The SMILES string of the molecule is O=S(=O)(On1c(O)c2c(c1O)-c1c-2c(O)n(OS(=O)(=O)C(Cl)(Cl)Cl)c1O)C(Cl)(Cl)Cl. The van der Waals surface area contributed by atoms with Gasteiger partial charge >= 0.3 is 26.5 Å². The summed E-state index contributed by atoms with van der Waals surface area (Å²) in [5, 5.41) is 40.7. The third-order valence-electron chi connectivity index (χ3n) is 3.58. The summed E-state index contributed by atoms with van der Waals surface area (Å²) in [6.45, 7) is 0. The number of hydrogen-bond acceptors (Lipinski definition) is 10. The Morgan fingerprint density at radius 1 is 0.567 bits per heavy atom. The van der Waals surface area contributed by atoms with Gasteiger partial charge in [-0.1, -0.05) is 79.1 Å². The van der Waals surface area contributed by atoms with Crippen LogP contribution in [-0.4, -0.2) is 53.0 Å². The van der Waals surface area contributed by atoms with E-state index in [4.69, 9.17) is 69.6 Å². The zero-order valence-electron chi connectivity index (χ0n) is 13.2. The smallest absolute Gasteiger partial charge is 0.377 e. The molecule has 0 spiro atoms. The van der Waals surface area contributed by atoms with Crippen molar-refractivity contribution in [2.75, 3.05) is 0 Å². The van der Waals surface area contributed by atoms with E-state index >= 15 is 0 Å². The van der Waals surface area contributed by atoms with E-state index in [0.29, 0.717) is 0 Å². The molecule has 0 saturated heterocycles. The molecule has 0 fully saturated rings. The number of aromatic nitrogens is 2. The molecule has 1 aliphatic carbocycles. The first-order valence-electron chi connectivity index (χ1n) is 6.70. The van der Waals surface area contributed by atoms with Crippen LogP contribution in [0.15, 0.2) is 0 Å². The van der Waals surface area contributed by atoms with Crippen LogP contribution in [0, 0.1) is 0 Å². The van der Waals surface area contributed by atoms with Gasteiger partial charge in [-0.15, -0.1) is 0 Å². The number of aromatic hydroxyl groups is 4. The Morgan fingerprint density at radius 3 is 0.933 bits per heavy atom. The predicted octanol–water partition coefficient (Wildman–Crippen LogP) is 1.93. The average Bonchev–Trinajstić information content (AvgIpc) is 2.82. The Kier molecular flexibility index (Phi) is 5.32. The van der Waals surface area contributed by atoms with Crippen molar-refractivity contribution in [2.24, 2.45) is 0 Å². The monoisotopic (exact) mass is 586 g/mol. The molecule has 0 atom stereocenters. The summed E-state index contributed by atoms with van der Waals surface area (Å²) in [6, 6.07) is 0. The van der Waals surface area contributed by atoms with Gasteiger partial charge in [0.05, 0.1) is 22.3 Å². The van der Waals surface area contributed by atoms with E-state index in [1.807, 2.05) is 0 Å². The summed E-state index contributed by atoms with van der Waals surface area (Å²) >= 11 is 31.4. The number of hydrogen-bond donors (Lipinski definition) is 4. The van der Waals surface area contributed by atoms with Crippen LogP contribution in [0.25, 0.3) is 22.3 Å². The lowest BCUT2D eigenvalue weighted by Gasteiger charge is -2.14. The highest BCUT2D eigenvalue weighted by Crippen LogP contribution is 2.64. The third kappa shape index (κ3) is 3.24. The van der Waals surface area contributed by atoms with Gasteiger partial charge in [-0.05, 0) is 0 Å². The normalized spacial score (nSPS) is 14.1. The fourth-order valence-corrected chi connectivity index (χ4v) is 3.71. The lowest BCUT2D eigenvalue weighted by Crippen LogP contribution is -2.30. The summed E-state index contributed by atoms with van der Waals surface area (Å²) in [5.74, 6) is -4.54. The van der Waals surface area contributed by atoms with Crippen molar-refractivity contribution in [3.05, 3.63) is 0 Å². The van der Waals surface area contributed by atoms with E-state index in [-0.39, 0.29) is 9.46 Å². The first-order valence-corrected chi connectivity index (χ1v) is 11.8. The van der Waals surface area contributed by atoms with Gasteiger partial charge in [0.2, 0.25) is 23.5 Å². The molecule has 0 saturated carbocycles. The summed E-state index contributed by atoms with van der Waals surface area (Å²) in [5.41, 5.74) is -1.93. The molecule has 12 nitrogen and oxygen atoms in total. The summed E-state index contributed by atoms with van der Waals surface area (Å²) in [7, 11) is -10.1. The first kappa shape index (κ1) is 23.7. The minimum atomic E-state index is -5.05. The number of fused-ring (bicyclic) bond motifs is 4. The van der Waals surface area contributed by atoms with Gasteiger partial charge in [0, 0.05) is 0 Å². The van der Waals surface area contributed by atoms with Crippen LogP contribution in [0.5, 0.6) is 23.5 Å². The molecular formula is C10H4Cl6N2O10S2. The number of halogens is 6. The molecule has 2 aromatic rings. The van der Waals surface area contributed by atoms with Crippen molar-refractivity contribution in [1.29, 1.82) is 0 Å². The van der Waals surface area contributed by atoms with Gasteiger partial charge in [-0.2, -0.15) is 16.8 Å². The lowest BCUT2D eigenvalue weighted by molar-refractivity contribution is 0.201. The van der Waals surface area contributed by atoms with E-state index in [0.717, 1.165) is 0 Å². The zero-order valence-corrected chi connectivity index (χ0v) is 19.4. The van der Waals surface area contributed by atoms with E-state index in [1.165, 1.54) is 0 Å². The van der Waals surface area contributed by atoms with Gasteiger partial charge in [0.1, 0.15) is 0 Å². The topological polar surface area (TPSA) is 178 Å². The van der Waals surface area contributed by atoms with Crippen LogP contribution in [0.1, 0.15) is 0 Å². The van der Waals surface area contributed by atoms with Crippen LogP contribution >= 0.6 is 69.6 Å². The molecule has 30 heavy (non-hydrogen) atoms. The molecule has 4 N–H and O–H groups in total. The Hall–Kier alpha value is -1.000. The highest BCUT2D eigenvalue weighted by Gasteiger charge is 2.49. The van der Waals surface area contributed by atoms with Crippen LogP contribution in [0.4, 0.5) is 0 Å². The molecular weight excluding hydrogens is 585 g/mol. The molecule has 0 amide bonds. The molecule has 2 heterocycles. The maximum Gasteiger partial charge on any atom is 0.377 e. The second-order valence-electron chi connectivity index (χ2n) is 5.33. The zero-order chi connectivity index (χ0) is 23.2. The van der Waals surface area contributed by atoms with Crippen molar-refractivity contribution in [2.45, 2.75) is 6.25 Å². The van der Waals surface area contributed by atoms with Crippen molar-refractivity contribution < 1.29 is 45.8 Å². The van der Waals surface area contributed by atoms with Crippen molar-refractivity contribution in [3.63, 3.8) is 0 Å². The predicted molar refractivity (Wildman–Crippen MR) is 105 cm³/mol. The minimum absolute atomic E-state index is 0.0793. The van der Waals surface area contributed by atoms with Crippen LogP contribution in [0.3, 0.4) is 0 Å². The second-order valence-corrected chi connectivity index (χ2v) is 14.6. The Bertz CT molecular complexity index is 1120. The van der Waals surface area contributed by atoms with Gasteiger partial charge in [-0.25, -0.2) is 0 Å². The molecule has 0 aliphatic heterocycles. The standard InChI is InChI=1S/C10H4Cl6N2O10S2/c11-9(12,13)29(23,24)27-17-5(19)1-2(6(17)20)4-3(1)7(21)18(8(4)22)28-30(25,26)10(14,15)16/h19-22H. The van der Waals surface area contributed by atoms with Crippen molar-refractivity contribution in [1.82, 2.24) is 9.46 Å². The van der Waals surface area contributed by atoms with Gasteiger partial charge in [0.25, 0.3) is 0 Å². The van der Waals surface area contributed by atoms with Gasteiger partial charge in [0.15, 0.2) is 0 Å². The Morgan fingerprint density at radius 2 is 0.767 bits per heavy atom. The maximum absolute atomic E-state index is 11.8. The highest BCUT2D eigenvalue weighted by atomic mass is 35.6. The number of rotatable bonds is 4. The van der Waals surface area contributed by atoms with E-state index < -0.39 is 72.3 Å². The molecule has 3 rings (SSSR count). The summed E-state index contributed by atoms with van der Waals surface area (Å²) < 4.78 is 49.8. The second kappa shape index (κ2) is 6.75. The summed E-state index contributed by atoms with van der Waals surface area (Å²) in [4.78, 5) is 0. The molecule has 0 aromatic carbocycles. The quantitative estimate of drug-likeness (QED) is 0.329. The van der Waals surface area contributed by atoms with E-state index in [1.54, 1.807) is 0 Å². The third-order valence-corrected chi connectivity index (χ3v) is 8.80. The van der Waals surface area contributed by atoms with Gasteiger partial charge < -0.3 is 20.4 Å². The minimum Gasteiger partial charge on any atom is -0.492 e. The average molecular weight is 589 g/mol. The van der Waals surface area contributed by atoms with Crippen molar-refractivity contribution in [3.8, 4) is 45.8 Å². The fourth-order valence-electron chi connectivity index (χ4n) is 2.36. The largest absolute Gasteiger partial charge is 0.492 e. The molecule has 0 bridgehead atoms. The molecule has 1 aliphatic rings. The Balaban J connectivity index is 2.12. The van der Waals surface area contributed by atoms with Crippen LogP contribution in [-0.2, 0) is 20.2 Å². The number of nitrogens with zero attached hydrogens (tertiary/aromatic N) is 2. The fraction of sp³-hybridized carbons (Fsp3) is 0.200. The molecule has 0 radical (unpaired) electrons. The lowest BCUT2D eigenvalue weighted by atomic mass is 9.86. The molecule has 168 valence electrons.